The minimum Gasteiger partial charge on any atom is -0.409 e. The fraction of sp³-hybridized carbons (Fsp3) is 0.300. The Bertz CT molecular complexity index is 485. The molecule has 0 saturated heterocycles. The van der Waals surface area contributed by atoms with E-state index in [0.717, 1.165) is 0 Å². The van der Waals surface area contributed by atoms with Crippen LogP contribution in [0.2, 0.25) is 0 Å². The van der Waals surface area contributed by atoms with E-state index in [1.165, 1.54) is 12.1 Å². The van der Waals surface area contributed by atoms with Crippen molar-refractivity contribution in [1.29, 1.82) is 0 Å². The van der Waals surface area contributed by atoms with Crippen molar-refractivity contribution in [1.82, 2.24) is 4.72 Å². The summed E-state index contributed by atoms with van der Waals surface area (Å²) in [5.74, 6) is -0.160. The number of amidine groups is 1. The van der Waals surface area contributed by atoms with Crippen LogP contribution >= 0.6 is 0 Å². The lowest BCUT2D eigenvalue weighted by atomic mass is 10.2. The maximum Gasteiger partial charge on any atom is 0.241 e. The van der Waals surface area contributed by atoms with Gasteiger partial charge in [-0.2, -0.15) is 0 Å². The lowest BCUT2D eigenvalue weighted by Gasteiger charge is -2.15. The molecule has 0 bridgehead atoms. The van der Waals surface area contributed by atoms with Gasteiger partial charge in [0.05, 0.1) is 10.9 Å². The van der Waals surface area contributed by atoms with Crippen LogP contribution in [-0.4, -0.2) is 25.5 Å². The van der Waals surface area contributed by atoms with Crippen LogP contribution in [0.4, 0.5) is 0 Å². The summed E-state index contributed by atoms with van der Waals surface area (Å²) < 4.78 is 26.2. The molecule has 94 valence electrons. The molecule has 4 N–H and O–H groups in total. The van der Waals surface area contributed by atoms with E-state index < -0.39 is 16.1 Å². The Morgan fingerprint density at radius 3 is 2.53 bits per heavy atom. The molecule has 0 saturated carbocycles. The first kappa shape index (κ1) is 13.5. The predicted molar refractivity (Wildman–Crippen MR) is 64.3 cm³/mol. The molecule has 0 aliphatic rings. The Hall–Kier alpha value is -1.60. The molecule has 1 unspecified atom stereocenters. The molecule has 0 aliphatic heterocycles. The van der Waals surface area contributed by atoms with Gasteiger partial charge in [0.2, 0.25) is 10.0 Å². The van der Waals surface area contributed by atoms with E-state index in [4.69, 9.17) is 10.9 Å². The van der Waals surface area contributed by atoms with Crippen molar-refractivity contribution in [2.24, 2.45) is 10.9 Å². The second-order valence-electron chi connectivity index (χ2n) is 3.42. The molecule has 1 aromatic carbocycles. The molecule has 0 spiro atoms. The summed E-state index contributed by atoms with van der Waals surface area (Å²) in [4.78, 5) is 0.143. The minimum atomic E-state index is -3.65. The number of nitrogens with two attached hydrogens (primary N) is 1. The summed E-state index contributed by atoms with van der Waals surface area (Å²) in [5, 5.41) is 11.3. The van der Waals surface area contributed by atoms with E-state index in [9.17, 15) is 8.42 Å². The van der Waals surface area contributed by atoms with Crippen LogP contribution in [0.15, 0.2) is 40.4 Å². The molecule has 1 aromatic rings. The zero-order valence-corrected chi connectivity index (χ0v) is 10.2. The Labute approximate surface area is 100 Å². The summed E-state index contributed by atoms with van der Waals surface area (Å²) >= 11 is 0. The van der Waals surface area contributed by atoms with Crippen LogP contribution in [0, 0.1) is 0 Å². The quantitative estimate of drug-likeness (QED) is 0.309. The number of sulfonamides is 1. The summed E-state index contributed by atoms with van der Waals surface area (Å²) in [7, 11) is -3.65. The molecule has 0 aliphatic carbocycles. The van der Waals surface area contributed by atoms with Crippen molar-refractivity contribution in [3.63, 3.8) is 0 Å². The highest BCUT2D eigenvalue weighted by Crippen LogP contribution is 2.08. The summed E-state index contributed by atoms with van der Waals surface area (Å²) in [6.07, 6.45) is 0.391. The lowest BCUT2D eigenvalue weighted by molar-refractivity contribution is 0.315. The van der Waals surface area contributed by atoms with Crippen LogP contribution in [0.1, 0.15) is 13.3 Å². The average molecular weight is 257 g/mol. The molecule has 6 nitrogen and oxygen atoms in total. The third-order valence-electron chi connectivity index (χ3n) is 2.23. The van der Waals surface area contributed by atoms with Crippen LogP contribution in [-0.2, 0) is 10.0 Å². The predicted octanol–water partition coefficient (Wildman–Crippen LogP) is 0.490. The number of oxime groups is 1. The number of nitrogens with one attached hydrogen (secondary N) is 1. The highest BCUT2D eigenvalue weighted by atomic mass is 32.2. The van der Waals surface area contributed by atoms with Crippen LogP contribution < -0.4 is 10.5 Å². The van der Waals surface area contributed by atoms with E-state index in [1.807, 2.05) is 0 Å². The lowest BCUT2D eigenvalue weighted by Crippen LogP contribution is -2.44. The van der Waals surface area contributed by atoms with Gasteiger partial charge in [0.1, 0.15) is 0 Å². The van der Waals surface area contributed by atoms with E-state index >= 15 is 0 Å². The zero-order valence-electron chi connectivity index (χ0n) is 9.37. The van der Waals surface area contributed by atoms with Crippen LogP contribution in [0.5, 0.6) is 0 Å². The molecular weight excluding hydrogens is 242 g/mol. The fourth-order valence-electron chi connectivity index (χ4n) is 1.28. The first-order chi connectivity index (χ1) is 8.01. The van der Waals surface area contributed by atoms with Gasteiger partial charge in [-0.3, -0.25) is 0 Å². The van der Waals surface area contributed by atoms with Crippen molar-refractivity contribution in [3.8, 4) is 0 Å². The monoisotopic (exact) mass is 257 g/mol. The maximum atomic E-state index is 11.9. The second-order valence-corrected chi connectivity index (χ2v) is 5.13. The number of nitrogens with zero attached hydrogens (tertiary/aromatic N) is 1. The molecular formula is C10H15N3O3S. The topological polar surface area (TPSA) is 105 Å². The van der Waals surface area contributed by atoms with Gasteiger partial charge < -0.3 is 10.9 Å². The SMILES string of the molecule is CCC(NS(=O)(=O)c1ccccc1)/C(N)=N/O. The molecule has 0 heterocycles. The number of rotatable bonds is 5. The van der Waals surface area contributed by atoms with Crippen molar-refractivity contribution in [3.05, 3.63) is 30.3 Å². The van der Waals surface area contributed by atoms with Gasteiger partial charge in [0.15, 0.2) is 5.84 Å². The third-order valence-corrected chi connectivity index (χ3v) is 3.72. The van der Waals surface area contributed by atoms with Gasteiger partial charge in [-0.15, -0.1) is 0 Å². The number of benzene rings is 1. The Morgan fingerprint density at radius 2 is 2.06 bits per heavy atom. The summed E-state index contributed by atoms with van der Waals surface area (Å²) in [6, 6.07) is 7.20. The van der Waals surface area contributed by atoms with Crippen molar-refractivity contribution in [2.75, 3.05) is 0 Å². The number of hydrogen-bond donors (Lipinski definition) is 3. The van der Waals surface area contributed by atoms with E-state index in [1.54, 1.807) is 25.1 Å². The molecule has 1 atom stereocenters. The number of hydrogen-bond acceptors (Lipinski definition) is 4. The van der Waals surface area contributed by atoms with E-state index in [-0.39, 0.29) is 10.7 Å². The highest BCUT2D eigenvalue weighted by molar-refractivity contribution is 7.89. The molecule has 7 heteroatoms. The van der Waals surface area contributed by atoms with E-state index in [0.29, 0.717) is 6.42 Å². The van der Waals surface area contributed by atoms with Gasteiger partial charge >= 0.3 is 0 Å². The van der Waals surface area contributed by atoms with Crippen molar-refractivity contribution >= 4 is 15.9 Å². The molecule has 1 rings (SSSR count). The molecule has 0 fully saturated rings. The fourth-order valence-corrected chi connectivity index (χ4v) is 2.59. The highest BCUT2D eigenvalue weighted by Gasteiger charge is 2.21. The maximum absolute atomic E-state index is 11.9. The van der Waals surface area contributed by atoms with Gasteiger partial charge in [-0.1, -0.05) is 30.3 Å². The zero-order chi connectivity index (χ0) is 12.9. The summed E-state index contributed by atoms with van der Waals surface area (Å²) in [5.41, 5.74) is 5.39. The van der Waals surface area contributed by atoms with Crippen LogP contribution in [0.3, 0.4) is 0 Å². The molecule has 0 amide bonds. The Balaban J connectivity index is 2.94. The molecule has 0 radical (unpaired) electrons. The van der Waals surface area contributed by atoms with Crippen molar-refractivity contribution in [2.45, 2.75) is 24.3 Å². The van der Waals surface area contributed by atoms with Crippen molar-refractivity contribution < 1.29 is 13.6 Å². The molecule has 17 heavy (non-hydrogen) atoms. The summed E-state index contributed by atoms with van der Waals surface area (Å²) in [6.45, 7) is 1.73. The van der Waals surface area contributed by atoms with Gasteiger partial charge in [-0.05, 0) is 18.6 Å². The average Bonchev–Trinajstić information content (AvgIpc) is 2.36. The standard InChI is InChI=1S/C10H15N3O3S/c1-2-9(10(11)12-14)13-17(15,16)8-6-4-3-5-7-8/h3-7,9,13-14H,2H2,1H3,(H2,11,12). The smallest absolute Gasteiger partial charge is 0.241 e. The van der Waals surface area contributed by atoms with Gasteiger partial charge in [-0.25, -0.2) is 13.1 Å². The first-order valence-electron chi connectivity index (χ1n) is 5.06. The second kappa shape index (κ2) is 5.65. The van der Waals surface area contributed by atoms with E-state index in [2.05, 4.69) is 9.88 Å². The Kier molecular flexibility index (Phi) is 4.47. The minimum absolute atomic E-state index is 0.143. The van der Waals surface area contributed by atoms with Crippen LogP contribution in [0.25, 0.3) is 0 Å². The first-order valence-corrected chi connectivity index (χ1v) is 6.54. The largest absolute Gasteiger partial charge is 0.409 e. The third kappa shape index (κ3) is 3.43. The van der Waals surface area contributed by atoms with Gasteiger partial charge in [0, 0.05) is 0 Å². The van der Waals surface area contributed by atoms with Gasteiger partial charge in [0.25, 0.3) is 0 Å². The normalized spacial score (nSPS) is 14.5. The Morgan fingerprint density at radius 1 is 1.47 bits per heavy atom. The molecule has 0 aromatic heterocycles.